The Kier molecular flexibility index (Phi) is 3.63. The number of pyridine rings is 1. The average molecular weight is 181 g/mol. The fraction of sp³-hybridized carbons (Fsp3) is 0.250. The van der Waals surface area contributed by atoms with Crippen molar-refractivity contribution in [3.05, 3.63) is 30.1 Å². The third-order valence-electron chi connectivity index (χ3n) is 1.49. The maximum absolute atomic E-state index is 4.60. The molecule has 1 unspecified atom stereocenters. The minimum Gasteiger partial charge on any atom is -0.318 e. The Labute approximate surface area is 77.2 Å². The van der Waals surface area contributed by atoms with Crippen LogP contribution in [0.3, 0.4) is 0 Å². The molecule has 4 heteroatoms. The van der Waals surface area contributed by atoms with Gasteiger partial charge in [-0.25, -0.2) is 5.43 Å². The molecule has 1 rings (SSSR count). The van der Waals surface area contributed by atoms with Gasteiger partial charge in [-0.2, -0.15) is 0 Å². The van der Waals surface area contributed by atoms with Gasteiger partial charge in [0.25, 0.3) is 0 Å². The second-order valence-electron chi connectivity index (χ2n) is 2.38. The highest BCUT2D eigenvalue weighted by Crippen LogP contribution is 2.05. The topological polar surface area (TPSA) is 37.0 Å². The number of nitrogens with one attached hydrogen (secondary N) is 2. The smallest absolute Gasteiger partial charge is 0.0757 e. The number of hydrogen-bond donors (Lipinski definition) is 2. The van der Waals surface area contributed by atoms with Crippen LogP contribution < -0.4 is 10.9 Å². The van der Waals surface area contributed by atoms with Gasteiger partial charge in [0.2, 0.25) is 0 Å². The molecule has 0 aliphatic carbocycles. The van der Waals surface area contributed by atoms with E-state index in [1.807, 2.05) is 25.1 Å². The van der Waals surface area contributed by atoms with Crippen LogP contribution in [0.4, 0.5) is 0 Å². The Morgan fingerprint density at radius 2 is 2.42 bits per heavy atom. The second-order valence-corrected chi connectivity index (χ2v) is 2.62. The SMILES string of the molecule is CC(NNC=S)c1ccccn1. The van der Waals surface area contributed by atoms with Crippen molar-refractivity contribution < 1.29 is 0 Å². The lowest BCUT2D eigenvalue weighted by molar-refractivity contribution is 0.540. The van der Waals surface area contributed by atoms with Gasteiger partial charge in [-0.05, 0) is 19.1 Å². The standard InChI is InChI=1S/C8H11N3S/c1-7(11-10-6-12)8-4-2-3-5-9-8/h2-7,11H,1H3,(H,10,12). The van der Waals surface area contributed by atoms with Crippen LogP contribution >= 0.6 is 12.2 Å². The predicted molar refractivity (Wildman–Crippen MR) is 52.6 cm³/mol. The van der Waals surface area contributed by atoms with Gasteiger partial charge < -0.3 is 5.43 Å². The van der Waals surface area contributed by atoms with Gasteiger partial charge in [0.05, 0.1) is 17.2 Å². The summed E-state index contributed by atoms with van der Waals surface area (Å²) < 4.78 is 0. The quantitative estimate of drug-likeness (QED) is 0.540. The zero-order chi connectivity index (χ0) is 8.81. The van der Waals surface area contributed by atoms with Crippen molar-refractivity contribution >= 4 is 17.7 Å². The molecule has 1 atom stereocenters. The summed E-state index contributed by atoms with van der Waals surface area (Å²) in [5.74, 6) is 0. The van der Waals surface area contributed by atoms with Crippen LogP contribution in [-0.4, -0.2) is 10.5 Å². The lowest BCUT2D eigenvalue weighted by Crippen LogP contribution is -2.32. The van der Waals surface area contributed by atoms with E-state index >= 15 is 0 Å². The van der Waals surface area contributed by atoms with Gasteiger partial charge in [-0.1, -0.05) is 18.3 Å². The molecule has 1 heterocycles. The second kappa shape index (κ2) is 4.79. The Balaban J connectivity index is 2.53. The summed E-state index contributed by atoms with van der Waals surface area (Å²) in [6, 6.07) is 5.97. The molecule has 0 radical (unpaired) electrons. The first-order chi connectivity index (χ1) is 5.84. The van der Waals surface area contributed by atoms with Crippen molar-refractivity contribution in [1.29, 1.82) is 0 Å². The van der Waals surface area contributed by atoms with E-state index in [0.717, 1.165) is 5.69 Å². The Hall–Kier alpha value is -1.00. The summed E-state index contributed by atoms with van der Waals surface area (Å²) in [5.41, 5.74) is 8.14. The van der Waals surface area contributed by atoms with Crippen molar-refractivity contribution in [3.8, 4) is 0 Å². The van der Waals surface area contributed by atoms with Crippen LogP contribution in [0, 0.1) is 0 Å². The Morgan fingerprint density at radius 3 is 3.00 bits per heavy atom. The molecular weight excluding hydrogens is 170 g/mol. The van der Waals surface area contributed by atoms with Crippen molar-refractivity contribution in [1.82, 2.24) is 15.8 Å². The molecule has 1 aromatic heterocycles. The van der Waals surface area contributed by atoms with Gasteiger partial charge in [0.15, 0.2) is 0 Å². The molecule has 1 aromatic rings. The van der Waals surface area contributed by atoms with Crippen LogP contribution in [0.25, 0.3) is 0 Å². The first kappa shape index (κ1) is 9.09. The first-order valence-corrected chi connectivity index (χ1v) is 4.17. The third-order valence-corrected chi connectivity index (χ3v) is 1.61. The molecule has 64 valence electrons. The average Bonchev–Trinajstić information content (AvgIpc) is 2.15. The molecule has 0 spiro atoms. The van der Waals surface area contributed by atoms with E-state index in [9.17, 15) is 0 Å². The minimum atomic E-state index is 0.158. The molecule has 0 fully saturated rings. The third kappa shape index (κ3) is 2.56. The van der Waals surface area contributed by atoms with Gasteiger partial charge >= 0.3 is 0 Å². The van der Waals surface area contributed by atoms with Crippen molar-refractivity contribution in [2.75, 3.05) is 0 Å². The normalized spacial score (nSPS) is 12.1. The minimum absolute atomic E-state index is 0.158. The van der Waals surface area contributed by atoms with E-state index < -0.39 is 0 Å². The van der Waals surface area contributed by atoms with Crippen LogP contribution in [0.1, 0.15) is 18.7 Å². The summed E-state index contributed by atoms with van der Waals surface area (Å²) in [5, 5.41) is 0. The molecular formula is C8H11N3S. The van der Waals surface area contributed by atoms with Crippen LogP contribution in [0.2, 0.25) is 0 Å². The zero-order valence-electron chi connectivity index (χ0n) is 6.82. The summed E-state index contributed by atoms with van der Waals surface area (Å²) in [6.07, 6.45) is 1.77. The van der Waals surface area contributed by atoms with Gasteiger partial charge in [-0.3, -0.25) is 4.98 Å². The van der Waals surface area contributed by atoms with E-state index in [2.05, 4.69) is 28.1 Å². The van der Waals surface area contributed by atoms with E-state index in [4.69, 9.17) is 0 Å². The molecule has 0 aliphatic rings. The zero-order valence-corrected chi connectivity index (χ0v) is 7.64. The number of nitrogens with zero attached hydrogens (tertiary/aromatic N) is 1. The Morgan fingerprint density at radius 1 is 1.58 bits per heavy atom. The fourth-order valence-corrected chi connectivity index (χ4v) is 0.933. The summed E-state index contributed by atoms with van der Waals surface area (Å²) in [4.78, 5) is 4.18. The number of thiocarbonyl (C=S) groups is 1. The lowest BCUT2D eigenvalue weighted by Gasteiger charge is -2.11. The summed E-state index contributed by atoms with van der Waals surface area (Å²) >= 11 is 4.60. The molecule has 12 heavy (non-hydrogen) atoms. The van der Waals surface area contributed by atoms with Crippen LogP contribution in [0.5, 0.6) is 0 Å². The molecule has 3 nitrogen and oxygen atoms in total. The summed E-state index contributed by atoms with van der Waals surface area (Å²) in [6.45, 7) is 2.01. The van der Waals surface area contributed by atoms with Gasteiger partial charge in [0.1, 0.15) is 0 Å². The van der Waals surface area contributed by atoms with Gasteiger partial charge in [-0.15, -0.1) is 0 Å². The number of hydrazine groups is 1. The van der Waals surface area contributed by atoms with E-state index in [1.54, 1.807) is 6.20 Å². The van der Waals surface area contributed by atoms with Crippen LogP contribution in [-0.2, 0) is 0 Å². The molecule has 0 amide bonds. The molecule has 0 aromatic carbocycles. The lowest BCUT2D eigenvalue weighted by atomic mass is 10.2. The van der Waals surface area contributed by atoms with Gasteiger partial charge in [0, 0.05) is 6.20 Å². The van der Waals surface area contributed by atoms with Crippen molar-refractivity contribution in [2.24, 2.45) is 0 Å². The predicted octanol–water partition coefficient (Wildman–Crippen LogP) is 1.19. The van der Waals surface area contributed by atoms with Crippen molar-refractivity contribution in [2.45, 2.75) is 13.0 Å². The highest BCUT2D eigenvalue weighted by Gasteiger charge is 2.02. The highest BCUT2D eigenvalue weighted by molar-refractivity contribution is 7.78. The van der Waals surface area contributed by atoms with E-state index in [1.165, 1.54) is 5.49 Å². The highest BCUT2D eigenvalue weighted by atomic mass is 32.1. The Bertz CT molecular complexity index is 237. The molecule has 0 saturated heterocycles. The maximum atomic E-state index is 4.60. The monoisotopic (exact) mass is 181 g/mol. The van der Waals surface area contributed by atoms with E-state index in [-0.39, 0.29) is 6.04 Å². The fourth-order valence-electron chi connectivity index (χ4n) is 0.865. The first-order valence-electron chi connectivity index (χ1n) is 3.70. The van der Waals surface area contributed by atoms with Crippen molar-refractivity contribution in [3.63, 3.8) is 0 Å². The molecule has 0 bridgehead atoms. The maximum Gasteiger partial charge on any atom is 0.0757 e. The molecule has 0 aliphatic heterocycles. The number of rotatable bonds is 4. The molecule has 2 N–H and O–H groups in total. The molecule has 0 saturated carbocycles. The summed E-state index contributed by atoms with van der Waals surface area (Å²) in [7, 11) is 0. The largest absolute Gasteiger partial charge is 0.318 e. The van der Waals surface area contributed by atoms with E-state index in [0.29, 0.717) is 0 Å². The van der Waals surface area contributed by atoms with Crippen LogP contribution in [0.15, 0.2) is 24.4 Å². The number of aromatic nitrogens is 1. The number of hydrogen-bond acceptors (Lipinski definition) is 3.